The quantitative estimate of drug-likeness (QED) is 0.599. The van der Waals surface area contributed by atoms with E-state index in [1.807, 2.05) is 53.7 Å². The van der Waals surface area contributed by atoms with E-state index in [4.69, 9.17) is 0 Å². The number of rotatable bonds is 3. The molecule has 1 heterocycles. The van der Waals surface area contributed by atoms with Crippen molar-refractivity contribution in [2.45, 2.75) is 52.4 Å². The van der Waals surface area contributed by atoms with E-state index >= 15 is 0 Å². The van der Waals surface area contributed by atoms with Gasteiger partial charge in [-0.1, -0.05) is 41.5 Å². The molecule has 0 bridgehead atoms. The molecule has 0 radical (unpaired) electrons. The highest BCUT2D eigenvalue weighted by atomic mass is 32.2. The van der Waals surface area contributed by atoms with E-state index in [0.717, 1.165) is 33.4 Å². The van der Waals surface area contributed by atoms with Crippen LogP contribution in [0.4, 0.5) is 4.79 Å². The van der Waals surface area contributed by atoms with Crippen LogP contribution in [0, 0.1) is 0 Å². The molecule has 7 heteroatoms. The lowest BCUT2D eigenvalue weighted by atomic mass is 9.78. The van der Waals surface area contributed by atoms with Crippen LogP contribution >= 0.6 is 11.8 Å². The van der Waals surface area contributed by atoms with Crippen LogP contribution in [0.25, 0.3) is 6.08 Å². The van der Waals surface area contributed by atoms with Crippen molar-refractivity contribution in [3.05, 3.63) is 33.7 Å². The number of carbonyl (C=O) groups is 3. The normalized spacial score (nSPS) is 16.8. The van der Waals surface area contributed by atoms with E-state index in [2.05, 4.69) is 4.74 Å². The summed E-state index contributed by atoms with van der Waals surface area (Å²) in [6.07, 6.45) is 1.63. The van der Waals surface area contributed by atoms with Gasteiger partial charge in [0.1, 0.15) is 12.3 Å². The Hall–Kier alpha value is -2.28. The highest BCUT2D eigenvalue weighted by Gasteiger charge is 2.37. The number of imide groups is 1. The molecule has 1 aromatic carbocycles. The number of esters is 1. The van der Waals surface area contributed by atoms with Crippen LogP contribution in [-0.2, 0) is 25.2 Å². The Kier molecular flexibility index (Phi) is 5.99. The van der Waals surface area contributed by atoms with Crippen molar-refractivity contribution in [1.29, 1.82) is 0 Å². The number of nitrogens with zero attached hydrogens (tertiary/aromatic N) is 1. The van der Waals surface area contributed by atoms with Gasteiger partial charge in [-0.05, 0) is 46.4 Å². The molecule has 0 aromatic heterocycles. The van der Waals surface area contributed by atoms with Gasteiger partial charge in [-0.25, -0.2) is 0 Å². The molecule has 0 unspecified atom stereocenters. The van der Waals surface area contributed by atoms with Crippen molar-refractivity contribution in [2.75, 3.05) is 13.7 Å². The van der Waals surface area contributed by atoms with Gasteiger partial charge in [0.25, 0.3) is 11.1 Å². The molecule has 152 valence electrons. The van der Waals surface area contributed by atoms with Crippen LogP contribution in [-0.4, -0.2) is 40.8 Å². The van der Waals surface area contributed by atoms with Crippen molar-refractivity contribution in [2.24, 2.45) is 0 Å². The van der Waals surface area contributed by atoms with Gasteiger partial charge in [-0.15, -0.1) is 0 Å². The number of amides is 2. The maximum atomic E-state index is 12.6. The maximum absolute atomic E-state index is 12.6. The number of thioether (sulfide) groups is 1. The number of methoxy groups -OCH3 is 1. The Morgan fingerprint density at radius 1 is 1.11 bits per heavy atom. The Morgan fingerprint density at radius 3 is 2.04 bits per heavy atom. The van der Waals surface area contributed by atoms with Gasteiger partial charge in [-0.2, -0.15) is 0 Å². The minimum Gasteiger partial charge on any atom is -0.507 e. The van der Waals surface area contributed by atoms with Gasteiger partial charge in [0.05, 0.1) is 12.0 Å². The molecular weight excluding hydrogens is 378 g/mol. The average molecular weight is 406 g/mol. The van der Waals surface area contributed by atoms with Crippen molar-refractivity contribution in [3.63, 3.8) is 0 Å². The van der Waals surface area contributed by atoms with Crippen molar-refractivity contribution in [3.8, 4) is 5.75 Å². The number of ether oxygens (including phenoxy) is 1. The molecule has 0 aliphatic carbocycles. The number of aromatic hydroxyl groups is 1. The topological polar surface area (TPSA) is 83.9 Å². The molecule has 6 nitrogen and oxygen atoms in total. The molecule has 1 aliphatic rings. The maximum Gasteiger partial charge on any atom is 0.325 e. The van der Waals surface area contributed by atoms with E-state index in [1.165, 1.54) is 7.11 Å². The lowest BCUT2D eigenvalue weighted by molar-refractivity contribution is -0.143. The highest BCUT2D eigenvalue weighted by molar-refractivity contribution is 8.18. The summed E-state index contributed by atoms with van der Waals surface area (Å²) in [4.78, 5) is 37.2. The van der Waals surface area contributed by atoms with Gasteiger partial charge in [0, 0.05) is 11.1 Å². The monoisotopic (exact) mass is 405 g/mol. The molecule has 1 fully saturated rings. The Balaban J connectivity index is 2.52. The molecule has 2 amide bonds. The first kappa shape index (κ1) is 22.0. The minimum absolute atomic E-state index is 0.235. The number of phenols is 1. The molecule has 0 saturated carbocycles. The fourth-order valence-corrected chi connectivity index (χ4v) is 3.70. The molecule has 28 heavy (non-hydrogen) atoms. The zero-order valence-electron chi connectivity index (χ0n) is 17.4. The van der Waals surface area contributed by atoms with Gasteiger partial charge in [-0.3, -0.25) is 19.3 Å². The summed E-state index contributed by atoms with van der Waals surface area (Å²) in [7, 11) is 1.20. The predicted octanol–water partition coefficient (Wildman–Crippen LogP) is 4.20. The molecule has 1 saturated heterocycles. The molecule has 1 N–H and O–H groups in total. The summed E-state index contributed by atoms with van der Waals surface area (Å²) in [6, 6.07) is 3.66. The molecule has 1 aliphatic heterocycles. The number of phenolic OH excluding ortho intramolecular Hbond substituents is 1. The van der Waals surface area contributed by atoms with Crippen LogP contribution in [0.2, 0.25) is 0 Å². The van der Waals surface area contributed by atoms with E-state index in [1.54, 1.807) is 6.08 Å². The zero-order valence-corrected chi connectivity index (χ0v) is 18.2. The third-order valence-electron chi connectivity index (χ3n) is 4.43. The van der Waals surface area contributed by atoms with Gasteiger partial charge < -0.3 is 9.84 Å². The second-order valence-electron chi connectivity index (χ2n) is 8.81. The fraction of sp³-hybridized carbons (Fsp3) is 0.476. The SMILES string of the molecule is COC(=O)CN1C(=O)S/C(=C\c2cc(C(C)(C)C)c(O)c(C(C)(C)C)c2)C1=O. The molecular formula is C21H27NO5S. The van der Waals surface area contributed by atoms with Gasteiger partial charge in [0.2, 0.25) is 0 Å². The highest BCUT2D eigenvalue weighted by Crippen LogP contribution is 2.41. The van der Waals surface area contributed by atoms with Crippen LogP contribution in [0.5, 0.6) is 5.75 Å². The van der Waals surface area contributed by atoms with Gasteiger partial charge in [0.15, 0.2) is 0 Å². The first-order chi connectivity index (χ1) is 12.8. The van der Waals surface area contributed by atoms with Crippen LogP contribution in [0.15, 0.2) is 17.0 Å². The smallest absolute Gasteiger partial charge is 0.325 e. The van der Waals surface area contributed by atoms with E-state index < -0.39 is 23.7 Å². The number of hydrogen-bond donors (Lipinski definition) is 1. The zero-order chi connectivity index (χ0) is 21.4. The Bertz CT molecular complexity index is 824. The van der Waals surface area contributed by atoms with Crippen molar-refractivity contribution in [1.82, 2.24) is 4.90 Å². The van der Waals surface area contributed by atoms with Crippen LogP contribution < -0.4 is 0 Å². The summed E-state index contributed by atoms with van der Waals surface area (Å²) in [5.74, 6) is -0.933. The van der Waals surface area contributed by atoms with E-state index in [-0.39, 0.29) is 21.5 Å². The third kappa shape index (κ3) is 4.58. The average Bonchev–Trinajstić information content (AvgIpc) is 2.81. The second kappa shape index (κ2) is 7.62. The number of carbonyl (C=O) groups excluding carboxylic acids is 3. The number of benzene rings is 1. The molecule has 2 rings (SSSR count). The molecule has 1 aromatic rings. The van der Waals surface area contributed by atoms with Crippen LogP contribution in [0.3, 0.4) is 0 Å². The van der Waals surface area contributed by atoms with Crippen molar-refractivity contribution >= 4 is 35.0 Å². The largest absolute Gasteiger partial charge is 0.507 e. The predicted molar refractivity (Wildman–Crippen MR) is 110 cm³/mol. The standard InChI is InChI=1S/C21H27NO5S/c1-20(2,3)13-8-12(9-14(17(13)24)21(4,5)6)10-15-18(25)22(19(26)28-15)11-16(23)27-7/h8-10,24H,11H2,1-7H3/b15-10-. The summed E-state index contributed by atoms with van der Waals surface area (Å²) < 4.78 is 4.54. The lowest BCUT2D eigenvalue weighted by Gasteiger charge is -2.28. The van der Waals surface area contributed by atoms with E-state index in [0.29, 0.717) is 0 Å². The summed E-state index contributed by atoms with van der Waals surface area (Å²) in [5.41, 5.74) is 1.63. The van der Waals surface area contributed by atoms with Gasteiger partial charge >= 0.3 is 5.97 Å². The first-order valence-electron chi connectivity index (χ1n) is 8.96. The summed E-state index contributed by atoms with van der Waals surface area (Å²) in [6.45, 7) is 11.6. The summed E-state index contributed by atoms with van der Waals surface area (Å²) in [5, 5.41) is 10.3. The molecule has 0 spiro atoms. The molecule has 0 atom stereocenters. The van der Waals surface area contributed by atoms with Crippen molar-refractivity contribution < 1.29 is 24.2 Å². The Morgan fingerprint density at radius 2 is 1.61 bits per heavy atom. The third-order valence-corrected chi connectivity index (χ3v) is 5.34. The van der Waals surface area contributed by atoms with E-state index in [9.17, 15) is 19.5 Å². The second-order valence-corrected chi connectivity index (χ2v) is 9.80. The van der Waals surface area contributed by atoms with Crippen LogP contribution in [0.1, 0.15) is 58.2 Å². The minimum atomic E-state index is -0.654. The lowest BCUT2D eigenvalue weighted by Crippen LogP contribution is -2.34. The fourth-order valence-electron chi connectivity index (χ4n) is 2.86. The first-order valence-corrected chi connectivity index (χ1v) is 9.77. The summed E-state index contributed by atoms with van der Waals surface area (Å²) >= 11 is 0.788. The Labute approximate surface area is 169 Å². The number of hydrogen-bond acceptors (Lipinski definition) is 6.